The normalized spacial score (nSPS) is 24.6. The van der Waals surface area contributed by atoms with Gasteiger partial charge in [-0.3, -0.25) is 24.2 Å². The average Bonchev–Trinajstić information content (AvgIpc) is 3.17. The molecular weight excluding hydrogens is 360 g/mol. The third-order valence-corrected chi connectivity index (χ3v) is 5.16. The number of imide groups is 1. The Hall–Kier alpha value is -3.10. The van der Waals surface area contributed by atoms with Gasteiger partial charge in [-0.2, -0.15) is 5.06 Å². The number of hydrogen-bond donors (Lipinski definition) is 1. The van der Waals surface area contributed by atoms with Crippen molar-refractivity contribution in [1.82, 2.24) is 10.0 Å². The van der Waals surface area contributed by atoms with Crippen molar-refractivity contribution in [3.8, 4) is 0 Å². The van der Waals surface area contributed by atoms with Crippen LogP contribution in [0.25, 0.3) is 0 Å². The van der Waals surface area contributed by atoms with E-state index in [4.69, 9.17) is 10.6 Å². The van der Waals surface area contributed by atoms with E-state index in [0.717, 1.165) is 17.5 Å². The Bertz CT molecular complexity index is 916. The molecule has 4 rings (SSSR count). The molecule has 0 saturated carbocycles. The Labute approximate surface area is 161 Å². The molecule has 3 atom stereocenters. The van der Waals surface area contributed by atoms with Gasteiger partial charge >= 0.3 is 0 Å². The summed E-state index contributed by atoms with van der Waals surface area (Å²) in [6, 6.07) is 10.2. The molecule has 2 aliphatic heterocycles. The third kappa shape index (κ3) is 2.96. The number of nitrogens with two attached hydrogens (primary N) is 1. The van der Waals surface area contributed by atoms with Crippen molar-refractivity contribution < 1.29 is 19.2 Å². The summed E-state index contributed by atoms with van der Waals surface area (Å²) in [5.74, 6) is -2.16. The van der Waals surface area contributed by atoms with Crippen LogP contribution in [-0.4, -0.2) is 40.4 Å². The zero-order valence-corrected chi connectivity index (χ0v) is 15.3. The van der Waals surface area contributed by atoms with Crippen LogP contribution in [0.4, 0.5) is 5.69 Å². The first-order valence-electron chi connectivity index (χ1n) is 9.09. The fourth-order valence-electron chi connectivity index (χ4n) is 3.83. The predicted octanol–water partition coefficient (Wildman–Crippen LogP) is 0.976. The van der Waals surface area contributed by atoms with E-state index in [1.807, 2.05) is 19.1 Å². The maximum absolute atomic E-state index is 13.2. The lowest BCUT2D eigenvalue weighted by atomic mass is 9.91. The number of aryl methyl sites for hydroxylation is 1. The number of fused-ring (bicyclic) bond motifs is 1. The van der Waals surface area contributed by atoms with Crippen molar-refractivity contribution in [3.63, 3.8) is 0 Å². The van der Waals surface area contributed by atoms with E-state index >= 15 is 0 Å². The molecular formula is C20H20N4O4. The molecule has 2 N–H and O–H groups in total. The van der Waals surface area contributed by atoms with Crippen LogP contribution in [0.5, 0.6) is 0 Å². The predicted molar refractivity (Wildman–Crippen MR) is 99.6 cm³/mol. The van der Waals surface area contributed by atoms with Crippen molar-refractivity contribution in [2.75, 3.05) is 11.4 Å². The molecule has 2 aliphatic rings. The summed E-state index contributed by atoms with van der Waals surface area (Å²) in [5.41, 5.74) is 7.68. The summed E-state index contributed by atoms with van der Waals surface area (Å²) < 4.78 is 0. The van der Waals surface area contributed by atoms with Gasteiger partial charge in [0, 0.05) is 12.4 Å². The molecule has 2 aromatic rings. The van der Waals surface area contributed by atoms with Gasteiger partial charge in [-0.1, -0.05) is 19.1 Å². The first-order chi connectivity index (χ1) is 13.5. The van der Waals surface area contributed by atoms with Gasteiger partial charge < -0.3 is 5.73 Å². The van der Waals surface area contributed by atoms with Crippen molar-refractivity contribution >= 4 is 23.4 Å². The van der Waals surface area contributed by atoms with E-state index < -0.39 is 29.9 Å². The topological polar surface area (TPSA) is 106 Å². The van der Waals surface area contributed by atoms with Gasteiger partial charge in [-0.05, 0) is 41.8 Å². The summed E-state index contributed by atoms with van der Waals surface area (Å²) in [6.45, 7) is 1.82. The maximum Gasteiger partial charge on any atom is 0.265 e. The van der Waals surface area contributed by atoms with Crippen molar-refractivity contribution in [2.45, 2.75) is 25.5 Å². The van der Waals surface area contributed by atoms with Crippen LogP contribution < -0.4 is 10.6 Å². The van der Waals surface area contributed by atoms with E-state index in [1.54, 1.807) is 36.7 Å². The highest BCUT2D eigenvalue weighted by atomic mass is 16.7. The molecule has 1 aromatic heterocycles. The molecule has 28 heavy (non-hydrogen) atoms. The quantitative estimate of drug-likeness (QED) is 0.775. The number of primary amides is 1. The fraction of sp³-hybridized carbons (Fsp3) is 0.300. The Kier molecular flexibility index (Phi) is 4.66. The molecule has 0 radical (unpaired) electrons. The van der Waals surface area contributed by atoms with Crippen molar-refractivity contribution in [2.24, 2.45) is 11.7 Å². The molecule has 0 aliphatic carbocycles. The highest BCUT2D eigenvalue weighted by Crippen LogP contribution is 2.45. The van der Waals surface area contributed by atoms with E-state index in [-0.39, 0.29) is 12.5 Å². The Balaban J connectivity index is 1.70. The number of carbonyl (C=O) groups is 3. The Morgan fingerprint density at radius 2 is 1.79 bits per heavy atom. The Morgan fingerprint density at radius 3 is 2.39 bits per heavy atom. The maximum atomic E-state index is 13.2. The average molecular weight is 380 g/mol. The van der Waals surface area contributed by atoms with E-state index in [2.05, 4.69) is 4.98 Å². The zero-order chi connectivity index (χ0) is 19.8. The lowest BCUT2D eigenvalue weighted by Gasteiger charge is -2.26. The molecule has 0 bridgehead atoms. The number of amides is 3. The number of rotatable bonds is 5. The highest BCUT2D eigenvalue weighted by molar-refractivity contribution is 6.23. The third-order valence-electron chi connectivity index (χ3n) is 5.16. The second kappa shape index (κ2) is 7.14. The lowest BCUT2D eigenvalue weighted by molar-refractivity contribution is -0.175. The smallest absolute Gasteiger partial charge is 0.265 e. The summed E-state index contributed by atoms with van der Waals surface area (Å²) in [5, 5.41) is 1.33. The largest absolute Gasteiger partial charge is 0.368 e. The summed E-state index contributed by atoms with van der Waals surface area (Å²) >= 11 is 0. The van der Waals surface area contributed by atoms with Crippen LogP contribution in [-0.2, 0) is 25.6 Å². The number of pyridine rings is 1. The summed E-state index contributed by atoms with van der Waals surface area (Å²) in [4.78, 5) is 48.6. The number of anilines is 1. The summed E-state index contributed by atoms with van der Waals surface area (Å²) in [6.07, 6.45) is 3.06. The first kappa shape index (κ1) is 18.3. The van der Waals surface area contributed by atoms with Gasteiger partial charge in [0.2, 0.25) is 11.8 Å². The Morgan fingerprint density at radius 1 is 1.11 bits per heavy atom. The van der Waals surface area contributed by atoms with Crippen LogP contribution in [0.15, 0.2) is 48.8 Å². The van der Waals surface area contributed by atoms with Crippen LogP contribution in [0.2, 0.25) is 0 Å². The lowest BCUT2D eigenvalue weighted by Crippen LogP contribution is -2.40. The van der Waals surface area contributed by atoms with Gasteiger partial charge in [-0.25, -0.2) is 4.90 Å². The molecule has 3 amide bonds. The van der Waals surface area contributed by atoms with Crippen LogP contribution in [0, 0.1) is 5.92 Å². The number of nitrogens with zero attached hydrogens (tertiary/aromatic N) is 3. The van der Waals surface area contributed by atoms with Crippen LogP contribution in [0.1, 0.15) is 24.1 Å². The molecule has 2 saturated heterocycles. The standard InChI is InChI=1S/C20H20N4O4/c1-2-12-3-5-14(6-4-12)24-19(26)16-17(13-7-9-22-10-8-13)23(11-15(21)25)28-18(16)20(24)27/h3-10,16-18H,2,11H2,1H3,(H2,21,25). The van der Waals surface area contributed by atoms with Gasteiger partial charge in [0.25, 0.3) is 5.91 Å². The van der Waals surface area contributed by atoms with Crippen LogP contribution >= 0.6 is 0 Å². The monoisotopic (exact) mass is 380 g/mol. The van der Waals surface area contributed by atoms with Gasteiger partial charge in [-0.15, -0.1) is 0 Å². The van der Waals surface area contributed by atoms with Crippen molar-refractivity contribution in [3.05, 3.63) is 59.9 Å². The minimum atomic E-state index is -0.990. The van der Waals surface area contributed by atoms with E-state index in [1.165, 1.54) is 9.96 Å². The summed E-state index contributed by atoms with van der Waals surface area (Å²) in [7, 11) is 0. The first-order valence-corrected chi connectivity index (χ1v) is 9.09. The molecule has 8 heteroatoms. The molecule has 3 unspecified atom stereocenters. The molecule has 8 nitrogen and oxygen atoms in total. The fourth-order valence-corrected chi connectivity index (χ4v) is 3.83. The van der Waals surface area contributed by atoms with Crippen molar-refractivity contribution in [1.29, 1.82) is 0 Å². The molecule has 3 heterocycles. The molecule has 1 aromatic carbocycles. The number of carbonyl (C=O) groups excluding carboxylic acids is 3. The van der Waals surface area contributed by atoms with Gasteiger partial charge in [0.15, 0.2) is 6.10 Å². The minimum absolute atomic E-state index is 0.217. The number of hydroxylamine groups is 2. The minimum Gasteiger partial charge on any atom is -0.368 e. The highest BCUT2D eigenvalue weighted by Gasteiger charge is 2.60. The number of benzene rings is 1. The van der Waals surface area contributed by atoms with Crippen LogP contribution in [0.3, 0.4) is 0 Å². The second-order valence-corrected chi connectivity index (χ2v) is 6.85. The van der Waals surface area contributed by atoms with E-state index in [0.29, 0.717) is 5.69 Å². The van der Waals surface area contributed by atoms with Gasteiger partial charge in [0.05, 0.1) is 17.6 Å². The van der Waals surface area contributed by atoms with Gasteiger partial charge in [0.1, 0.15) is 6.54 Å². The molecule has 2 fully saturated rings. The zero-order valence-electron chi connectivity index (χ0n) is 15.3. The molecule has 0 spiro atoms. The number of hydrogen-bond acceptors (Lipinski definition) is 6. The second-order valence-electron chi connectivity index (χ2n) is 6.85. The van der Waals surface area contributed by atoms with E-state index in [9.17, 15) is 14.4 Å². The SMILES string of the molecule is CCc1ccc(N2C(=O)C3ON(CC(N)=O)C(c4ccncc4)C3C2=O)cc1. The molecule has 144 valence electrons. The number of aromatic nitrogens is 1.